The number of rotatable bonds is 6. The third-order valence-corrected chi connectivity index (χ3v) is 3.96. The molecule has 0 aliphatic carbocycles. The minimum absolute atomic E-state index is 0. The van der Waals surface area contributed by atoms with Gasteiger partial charge in [0.25, 0.3) is 0 Å². The summed E-state index contributed by atoms with van der Waals surface area (Å²) in [6, 6.07) is 8.07. The van der Waals surface area contributed by atoms with Gasteiger partial charge in [0.15, 0.2) is 5.96 Å². The fourth-order valence-electron chi connectivity index (χ4n) is 2.68. The van der Waals surface area contributed by atoms with E-state index in [1.54, 1.807) is 7.11 Å². The summed E-state index contributed by atoms with van der Waals surface area (Å²) in [6.07, 6.45) is 4.26. The highest BCUT2D eigenvalue weighted by molar-refractivity contribution is 14.0. The zero-order valence-corrected chi connectivity index (χ0v) is 17.1. The number of aliphatic imine (C=N–C) groups is 1. The molecule has 1 aliphatic rings. The fraction of sp³-hybridized carbons (Fsp3) is 0.500. The summed E-state index contributed by atoms with van der Waals surface area (Å²) in [5, 5.41) is 3.43. The Morgan fingerprint density at radius 2 is 2.17 bits per heavy atom. The molecule has 6 heteroatoms. The topological polar surface area (TPSA) is 46.1 Å². The van der Waals surface area contributed by atoms with E-state index in [-0.39, 0.29) is 24.0 Å². The summed E-state index contributed by atoms with van der Waals surface area (Å²) in [5.74, 6) is 1.80. The highest BCUT2D eigenvalue weighted by atomic mass is 127. The van der Waals surface area contributed by atoms with E-state index in [1.165, 1.54) is 5.57 Å². The van der Waals surface area contributed by atoms with E-state index >= 15 is 0 Å². The molecule has 0 atom stereocenters. The van der Waals surface area contributed by atoms with Crippen molar-refractivity contribution in [2.45, 2.75) is 19.4 Å². The van der Waals surface area contributed by atoms with Crippen LogP contribution in [0.4, 0.5) is 0 Å². The largest absolute Gasteiger partial charge is 0.496 e. The van der Waals surface area contributed by atoms with Gasteiger partial charge >= 0.3 is 0 Å². The van der Waals surface area contributed by atoms with Crippen molar-refractivity contribution in [1.82, 2.24) is 10.2 Å². The number of hydrogen-bond donors (Lipinski definition) is 1. The van der Waals surface area contributed by atoms with Crippen LogP contribution in [0.15, 0.2) is 40.9 Å². The lowest BCUT2D eigenvalue weighted by Gasteiger charge is -2.23. The van der Waals surface area contributed by atoms with Gasteiger partial charge in [0, 0.05) is 32.7 Å². The minimum Gasteiger partial charge on any atom is -0.496 e. The van der Waals surface area contributed by atoms with Crippen LogP contribution in [0.2, 0.25) is 0 Å². The van der Waals surface area contributed by atoms with E-state index in [1.807, 2.05) is 32.3 Å². The van der Waals surface area contributed by atoms with Crippen LogP contribution in [0.25, 0.3) is 0 Å². The first-order valence-corrected chi connectivity index (χ1v) is 8.04. The Kier molecular flexibility index (Phi) is 9.78. The smallest absolute Gasteiger partial charge is 0.193 e. The summed E-state index contributed by atoms with van der Waals surface area (Å²) in [6.45, 7) is 3.22. The number of benzene rings is 1. The van der Waals surface area contributed by atoms with Crippen LogP contribution in [-0.4, -0.2) is 51.8 Å². The van der Waals surface area contributed by atoms with Gasteiger partial charge in [-0.2, -0.15) is 0 Å². The Morgan fingerprint density at radius 1 is 1.38 bits per heavy atom. The van der Waals surface area contributed by atoms with Crippen LogP contribution in [-0.2, 0) is 11.3 Å². The Hall–Kier alpha value is -1.28. The fourth-order valence-corrected chi connectivity index (χ4v) is 2.68. The second-order valence-electron chi connectivity index (χ2n) is 5.58. The number of para-hydroxylation sites is 1. The van der Waals surface area contributed by atoms with Crippen LogP contribution in [0.3, 0.4) is 0 Å². The van der Waals surface area contributed by atoms with Gasteiger partial charge in [0.2, 0.25) is 0 Å². The summed E-state index contributed by atoms with van der Waals surface area (Å²) < 4.78 is 10.7. The third kappa shape index (κ3) is 6.32. The molecule has 0 unspecified atom stereocenters. The number of halogens is 1. The molecule has 0 radical (unpaired) electrons. The molecule has 0 bridgehead atoms. The molecule has 24 heavy (non-hydrogen) atoms. The van der Waals surface area contributed by atoms with Gasteiger partial charge in [0.05, 0.1) is 20.3 Å². The van der Waals surface area contributed by atoms with Crippen molar-refractivity contribution in [3.63, 3.8) is 0 Å². The van der Waals surface area contributed by atoms with Crippen molar-refractivity contribution in [2.75, 3.05) is 41.0 Å². The number of nitrogens with zero attached hydrogens (tertiary/aromatic N) is 2. The SMILES string of the molecule is CN=C(NCCC1=CCOCC1)N(C)Cc1ccccc1OC.I. The summed E-state index contributed by atoms with van der Waals surface area (Å²) in [7, 11) is 5.55. The van der Waals surface area contributed by atoms with Gasteiger partial charge in [-0.1, -0.05) is 29.8 Å². The molecule has 1 aliphatic heterocycles. The Labute approximate surface area is 162 Å². The highest BCUT2D eigenvalue weighted by Crippen LogP contribution is 2.18. The van der Waals surface area contributed by atoms with E-state index in [0.717, 1.165) is 56.4 Å². The maximum Gasteiger partial charge on any atom is 0.193 e. The van der Waals surface area contributed by atoms with Gasteiger partial charge in [-0.15, -0.1) is 24.0 Å². The summed E-state index contributed by atoms with van der Waals surface area (Å²) >= 11 is 0. The van der Waals surface area contributed by atoms with E-state index < -0.39 is 0 Å². The second-order valence-corrected chi connectivity index (χ2v) is 5.58. The Balaban J connectivity index is 0.00000288. The number of methoxy groups -OCH3 is 1. The molecule has 134 valence electrons. The van der Waals surface area contributed by atoms with E-state index in [2.05, 4.69) is 27.4 Å². The van der Waals surface area contributed by atoms with Gasteiger partial charge in [-0.05, 0) is 18.9 Å². The predicted molar refractivity (Wildman–Crippen MR) is 109 cm³/mol. The second kappa shape index (κ2) is 11.3. The third-order valence-electron chi connectivity index (χ3n) is 3.96. The molecule has 1 aromatic rings. The highest BCUT2D eigenvalue weighted by Gasteiger charge is 2.10. The minimum atomic E-state index is 0. The van der Waals surface area contributed by atoms with E-state index in [9.17, 15) is 0 Å². The molecule has 1 N–H and O–H groups in total. The molecule has 5 nitrogen and oxygen atoms in total. The molecule has 0 spiro atoms. The monoisotopic (exact) mass is 445 g/mol. The zero-order valence-electron chi connectivity index (χ0n) is 14.7. The maximum atomic E-state index is 5.41. The van der Waals surface area contributed by atoms with Crippen LogP contribution >= 0.6 is 24.0 Å². The number of nitrogens with one attached hydrogen (secondary N) is 1. The van der Waals surface area contributed by atoms with Crippen molar-refractivity contribution in [1.29, 1.82) is 0 Å². The molecule has 0 amide bonds. The van der Waals surface area contributed by atoms with Gasteiger partial charge in [-0.25, -0.2) is 0 Å². The number of hydrogen-bond acceptors (Lipinski definition) is 3. The molecule has 0 saturated carbocycles. The van der Waals surface area contributed by atoms with Gasteiger partial charge < -0.3 is 19.7 Å². The van der Waals surface area contributed by atoms with E-state index in [0.29, 0.717) is 0 Å². The lowest BCUT2D eigenvalue weighted by atomic mass is 10.1. The van der Waals surface area contributed by atoms with Crippen molar-refractivity contribution in [2.24, 2.45) is 4.99 Å². The quantitative estimate of drug-likeness (QED) is 0.317. The summed E-state index contributed by atoms with van der Waals surface area (Å²) in [5.41, 5.74) is 2.61. The molecule has 1 aromatic carbocycles. The van der Waals surface area contributed by atoms with Crippen molar-refractivity contribution >= 4 is 29.9 Å². The normalized spacial score (nSPS) is 14.5. The molecule has 2 rings (SSSR count). The Bertz CT molecular complexity index is 561. The average Bonchev–Trinajstić information content (AvgIpc) is 2.60. The number of guanidine groups is 1. The first kappa shape index (κ1) is 20.8. The first-order chi connectivity index (χ1) is 11.2. The van der Waals surface area contributed by atoms with E-state index in [4.69, 9.17) is 9.47 Å². The molecule has 0 fully saturated rings. The molecule has 0 aromatic heterocycles. The molecular weight excluding hydrogens is 417 g/mol. The van der Waals surface area contributed by atoms with Crippen LogP contribution in [0.5, 0.6) is 5.75 Å². The van der Waals surface area contributed by atoms with Crippen LogP contribution < -0.4 is 10.1 Å². The van der Waals surface area contributed by atoms with Crippen LogP contribution in [0.1, 0.15) is 18.4 Å². The van der Waals surface area contributed by atoms with Gasteiger partial charge in [-0.3, -0.25) is 4.99 Å². The maximum absolute atomic E-state index is 5.41. The van der Waals surface area contributed by atoms with Crippen LogP contribution in [0, 0.1) is 0 Å². The standard InChI is InChI=1S/C18H27N3O2.HI/c1-19-18(20-11-8-15-9-12-23-13-10-15)21(2)14-16-6-4-5-7-17(16)22-3;/h4-7,9H,8,10-14H2,1-3H3,(H,19,20);1H. The molecular formula is C18H28IN3O2. The van der Waals surface area contributed by atoms with Crippen molar-refractivity contribution in [3.05, 3.63) is 41.5 Å². The number of ether oxygens (including phenoxy) is 2. The first-order valence-electron chi connectivity index (χ1n) is 8.04. The lowest BCUT2D eigenvalue weighted by molar-refractivity contribution is 0.153. The Morgan fingerprint density at radius 3 is 2.83 bits per heavy atom. The lowest BCUT2D eigenvalue weighted by Crippen LogP contribution is -2.39. The summed E-state index contributed by atoms with van der Waals surface area (Å²) in [4.78, 5) is 6.48. The zero-order chi connectivity index (χ0) is 16.5. The average molecular weight is 445 g/mol. The van der Waals surface area contributed by atoms with Crippen molar-refractivity contribution in [3.8, 4) is 5.75 Å². The predicted octanol–water partition coefficient (Wildman–Crippen LogP) is 3.06. The van der Waals surface area contributed by atoms with Gasteiger partial charge in [0.1, 0.15) is 5.75 Å². The molecule has 0 saturated heterocycles. The molecule has 1 heterocycles. The van der Waals surface area contributed by atoms with Crippen molar-refractivity contribution < 1.29 is 9.47 Å².